The molecule has 0 spiro atoms. The van der Waals surface area contributed by atoms with E-state index in [1.54, 1.807) is 6.20 Å². The highest BCUT2D eigenvalue weighted by Gasteiger charge is 2.34. The van der Waals surface area contributed by atoms with Crippen LogP contribution in [0.15, 0.2) is 12.3 Å². The highest BCUT2D eigenvalue weighted by molar-refractivity contribution is 5.92. The van der Waals surface area contributed by atoms with Gasteiger partial charge in [0.1, 0.15) is 0 Å². The number of pyridine rings is 1. The highest BCUT2D eigenvalue weighted by Crippen LogP contribution is 2.34. The Morgan fingerprint density at radius 3 is 2.50 bits per heavy atom. The predicted molar refractivity (Wildman–Crippen MR) is 101 cm³/mol. The Balaban J connectivity index is 1.35. The molecule has 0 aromatic carbocycles. The number of nitrogens with one attached hydrogen (secondary N) is 1. The topological polar surface area (TPSA) is 48.5 Å². The first-order chi connectivity index (χ1) is 12.7. The number of amides is 1. The minimum atomic E-state index is -0.346. The van der Waals surface area contributed by atoms with Gasteiger partial charge in [-0.05, 0) is 44.4 Å². The van der Waals surface area contributed by atoms with Crippen molar-refractivity contribution in [1.29, 1.82) is 0 Å². The van der Waals surface area contributed by atoms with E-state index in [1.165, 1.54) is 44.6 Å². The van der Waals surface area contributed by atoms with Crippen LogP contribution in [0.25, 0.3) is 0 Å². The van der Waals surface area contributed by atoms with E-state index >= 15 is 0 Å². The van der Waals surface area contributed by atoms with Crippen molar-refractivity contribution in [1.82, 2.24) is 9.88 Å². The van der Waals surface area contributed by atoms with Gasteiger partial charge in [-0.1, -0.05) is 12.8 Å². The van der Waals surface area contributed by atoms with Gasteiger partial charge in [0.15, 0.2) is 11.6 Å². The van der Waals surface area contributed by atoms with Crippen molar-refractivity contribution in [3.63, 3.8) is 0 Å². The lowest BCUT2D eigenvalue weighted by atomic mass is 9.80. The van der Waals surface area contributed by atoms with E-state index in [-0.39, 0.29) is 11.7 Å². The van der Waals surface area contributed by atoms with E-state index in [2.05, 4.69) is 15.2 Å². The lowest BCUT2D eigenvalue weighted by Crippen LogP contribution is -2.50. The van der Waals surface area contributed by atoms with Crippen molar-refractivity contribution in [2.24, 2.45) is 5.92 Å². The van der Waals surface area contributed by atoms with Crippen LogP contribution in [-0.4, -0.2) is 48.0 Å². The van der Waals surface area contributed by atoms with Gasteiger partial charge in [-0.15, -0.1) is 0 Å². The second-order valence-corrected chi connectivity index (χ2v) is 8.08. The van der Waals surface area contributed by atoms with E-state index in [1.807, 2.05) is 4.90 Å². The smallest absolute Gasteiger partial charge is 0.238 e. The number of piperidine rings is 2. The Morgan fingerprint density at radius 2 is 1.88 bits per heavy atom. The van der Waals surface area contributed by atoms with Crippen molar-refractivity contribution >= 4 is 17.4 Å². The molecule has 0 atom stereocenters. The normalized spacial score (nSPS) is 26.6. The van der Waals surface area contributed by atoms with Crippen molar-refractivity contribution < 1.29 is 9.18 Å². The number of nitrogens with zero attached hydrogens (tertiary/aromatic N) is 3. The molecule has 5 nitrogen and oxygen atoms in total. The van der Waals surface area contributed by atoms with Gasteiger partial charge in [0.2, 0.25) is 5.91 Å². The number of aromatic nitrogens is 1. The van der Waals surface area contributed by atoms with Crippen molar-refractivity contribution in [2.45, 2.75) is 57.4 Å². The van der Waals surface area contributed by atoms with E-state index in [0.717, 1.165) is 38.4 Å². The van der Waals surface area contributed by atoms with Crippen LogP contribution in [0, 0.1) is 11.7 Å². The fraction of sp³-hybridized carbons (Fsp3) is 0.700. The summed E-state index contributed by atoms with van der Waals surface area (Å²) in [4.78, 5) is 21.0. The summed E-state index contributed by atoms with van der Waals surface area (Å²) in [5, 5.41) is 2.83. The number of rotatable bonds is 4. The van der Waals surface area contributed by atoms with Gasteiger partial charge < -0.3 is 10.2 Å². The minimum Gasteiger partial charge on any atom is -0.354 e. The highest BCUT2D eigenvalue weighted by atomic mass is 19.1. The molecular weight excluding hydrogens is 331 g/mol. The molecule has 6 heteroatoms. The SMILES string of the molecule is O=C(CN1CC2CCC1CC2)Nc1cnc(N2CCCCCC2)c(F)c1. The molecule has 26 heavy (non-hydrogen) atoms. The Labute approximate surface area is 155 Å². The number of anilines is 2. The van der Waals surface area contributed by atoms with Gasteiger partial charge in [-0.3, -0.25) is 9.69 Å². The molecule has 1 aromatic heterocycles. The van der Waals surface area contributed by atoms with E-state index in [0.29, 0.717) is 24.1 Å². The number of hydrogen-bond donors (Lipinski definition) is 1. The summed E-state index contributed by atoms with van der Waals surface area (Å²) in [6, 6.07) is 1.96. The van der Waals surface area contributed by atoms with Crippen LogP contribution in [0.2, 0.25) is 0 Å². The monoisotopic (exact) mass is 360 g/mol. The lowest BCUT2D eigenvalue weighted by Gasteiger charge is -2.44. The molecule has 1 N–H and O–H groups in total. The quantitative estimate of drug-likeness (QED) is 0.894. The van der Waals surface area contributed by atoms with Gasteiger partial charge in [0, 0.05) is 31.7 Å². The summed E-state index contributed by atoms with van der Waals surface area (Å²) in [6.45, 7) is 3.13. The standard InChI is InChI=1S/C20H29FN4O/c21-18-11-16(12-22-20(18)24-9-3-1-2-4-10-24)23-19(26)14-25-13-15-5-7-17(25)8-6-15/h11-12,15,17H,1-10,13-14H2,(H,23,26). The molecule has 1 aliphatic carbocycles. The molecule has 1 amide bonds. The first-order valence-electron chi connectivity index (χ1n) is 10.1. The lowest BCUT2D eigenvalue weighted by molar-refractivity contribution is -0.119. The van der Waals surface area contributed by atoms with Crippen LogP contribution in [0.1, 0.15) is 51.4 Å². The van der Waals surface area contributed by atoms with Crippen LogP contribution in [0.4, 0.5) is 15.9 Å². The summed E-state index contributed by atoms with van der Waals surface area (Å²) in [7, 11) is 0. The maximum atomic E-state index is 14.5. The molecular formula is C20H29FN4O. The summed E-state index contributed by atoms with van der Waals surface area (Å²) < 4.78 is 14.5. The van der Waals surface area contributed by atoms with Crippen molar-refractivity contribution in [2.75, 3.05) is 36.4 Å². The molecule has 4 heterocycles. The first-order valence-corrected chi connectivity index (χ1v) is 10.1. The average Bonchev–Trinajstić information content (AvgIpc) is 2.92. The van der Waals surface area contributed by atoms with Crippen molar-refractivity contribution in [3.05, 3.63) is 18.1 Å². The summed E-state index contributed by atoms with van der Waals surface area (Å²) in [5.41, 5.74) is 0.452. The van der Waals surface area contributed by atoms with Gasteiger partial charge in [0.25, 0.3) is 0 Å². The Hall–Kier alpha value is -1.69. The molecule has 4 fully saturated rings. The van der Waals surface area contributed by atoms with E-state index in [9.17, 15) is 9.18 Å². The molecule has 0 unspecified atom stereocenters. The Morgan fingerprint density at radius 1 is 1.15 bits per heavy atom. The number of halogens is 1. The number of hydrogen-bond acceptors (Lipinski definition) is 4. The summed E-state index contributed by atoms with van der Waals surface area (Å²) in [5.74, 6) is 0.751. The van der Waals surface area contributed by atoms with Crippen molar-refractivity contribution in [3.8, 4) is 0 Å². The molecule has 4 aliphatic rings. The Bertz CT molecular complexity index is 637. The van der Waals surface area contributed by atoms with Crippen LogP contribution < -0.4 is 10.2 Å². The second-order valence-electron chi connectivity index (χ2n) is 8.08. The summed E-state index contributed by atoms with van der Waals surface area (Å²) >= 11 is 0. The third-order valence-corrected chi connectivity index (χ3v) is 6.18. The zero-order chi connectivity index (χ0) is 17.9. The van der Waals surface area contributed by atoms with E-state index < -0.39 is 0 Å². The third-order valence-electron chi connectivity index (χ3n) is 6.18. The van der Waals surface area contributed by atoms with Gasteiger partial charge in [-0.25, -0.2) is 9.37 Å². The van der Waals surface area contributed by atoms with E-state index in [4.69, 9.17) is 0 Å². The maximum Gasteiger partial charge on any atom is 0.238 e. The molecule has 3 aliphatic heterocycles. The van der Waals surface area contributed by atoms with Gasteiger partial charge >= 0.3 is 0 Å². The predicted octanol–water partition coefficient (Wildman–Crippen LogP) is 3.41. The van der Waals surface area contributed by atoms with Crippen LogP contribution >= 0.6 is 0 Å². The first kappa shape index (κ1) is 17.7. The second kappa shape index (κ2) is 7.91. The number of carbonyl (C=O) groups excluding carboxylic acids is 1. The molecule has 1 aromatic rings. The van der Waals surface area contributed by atoms with Gasteiger partial charge in [0.05, 0.1) is 18.4 Å². The minimum absolute atomic E-state index is 0.0683. The third kappa shape index (κ3) is 4.00. The fourth-order valence-corrected chi connectivity index (χ4v) is 4.77. The number of carbonyl (C=O) groups is 1. The van der Waals surface area contributed by atoms with Crippen LogP contribution in [0.5, 0.6) is 0 Å². The molecule has 2 bridgehead atoms. The van der Waals surface area contributed by atoms with Gasteiger partial charge in [-0.2, -0.15) is 0 Å². The fourth-order valence-electron chi connectivity index (χ4n) is 4.77. The summed E-state index contributed by atoms with van der Waals surface area (Å²) in [6.07, 6.45) is 11.2. The zero-order valence-corrected chi connectivity index (χ0v) is 15.4. The molecule has 3 saturated heterocycles. The van der Waals surface area contributed by atoms with Crippen LogP contribution in [0.3, 0.4) is 0 Å². The van der Waals surface area contributed by atoms with Crippen LogP contribution in [-0.2, 0) is 4.79 Å². The maximum absolute atomic E-state index is 14.5. The molecule has 0 radical (unpaired) electrons. The largest absolute Gasteiger partial charge is 0.354 e. The number of fused-ring (bicyclic) bond motifs is 3. The molecule has 1 saturated carbocycles. The average molecular weight is 360 g/mol. The molecule has 5 rings (SSSR count). The zero-order valence-electron chi connectivity index (χ0n) is 15.4. The molecule has 142 valence electrons. The Kier molecular flexibility index (Phi) is 5.38.